The van der Waals surface area contributed by atoms with Crippen molar-refractivity contribution in [3.63, 3.8) is 0 Å². The molecule has 0 aliphatic carbocycles. The number of amides is 2. The molecule has 0 fully saturated rings. The molecular weight excluding hydrogens is 472 g/mol. The van der Waals surface area contributed by atoms with E-state index >= 15 is 0 Å². The Labute approximate surface area is 193 Å². The minimum absolute atomic E-state index is 0.147. The van der Waals surface area contributed by atoms with E-state index in [1.54, 1.807) is 30.3 Å². The number of carbonyl (C=O) groups is 2. The van der Waals surface area contributed by atoms with Crippen molar-refractivity contribution in [2.45, 2.75) is 13.5 Å². The van der Waals surface area contributed by atoms with Gasteiger partial charge in [0.2, 0.25) is 5.91 Å². The Kier molecular flexibility index (Phi) is 6.51. The molecule has 2 heterocycles. The van der Waals surface area contributed by atoms with Crippen molar-refractivity contribution in [2.24, 2.45) is 0 Å². The molecule has 2 aromatic carbocycles. The average molecular weight is 493 g/mol. The van der Waals surface area contributed by atoms with E-state index in [-0.39, 0.29) is 25.0 Å². The van der Waals surface area contributed by atoms with Gasteiger partial charge in [-0.2, -0.15) is 0 Å². The molecule has 0 saturated heterocycles. The van der Waals surface area contributed by atoms with Crippen LogP contribution in [-0.4, -0.2) is 27.7 Å². The van der Waals surface area contributed by atoms with Crippen molar-refractivity contribution in [3.05, 3.63) is 94.4 Å². The lowest BCUT2D eigenvalue weighted by Gasteiger charge is -2.09. The van der Waals surface area contributed by atoms with E-state index in [0.717, 1.165) is 21.4 Å². The lowest BCUT2D eigenvalue weighted by atomic mass is 10.2. The molecule has 2 aromatic heterocycles. The number of para-hydroxylation sites is 1. The van der Waals surface area contributed by atoms with E-state index in [4.69, 9.17) is 4.74 Å². The quantitative estimate of drug-likeness (QED) is 0.401. The molecule has 4 aromatic rings. The number of benzene rings is 2. The monoisotopic (exact) mass is 492 g/mol. The predicted octanol–water partition coefficient (Wildman–Crippen LogP) is 4.35. The van der Waals surface area contributed by atoms with Crippen LogP contribution in [0.5, 0.6) is 5.75 Å². The number of nitrogens with zero attached hydrogens (tertiary/aromatic N) is 2. The molecule has 0 radical (unpaired) electrons. The van der Waals surface area contributed by atoms with E-state index < -0.39 is 0 Å². The van der Waals surface area contributed by atoms with Crippen LogP contribution in [0.15, 0.2) is 77.5 Å². The van der Waals surface area contributed by atoms with Gasteiger partial charge in [-0.1, -0.05) is 24.3 Å². The molecule has 0 bridgehead atoms. The molecule has 0 aliphatic heterocycles. The molecular formula is C24H21BrN4O3. The third kappa shape index (κ3) is 5.15. The summed E-state index contributed by atoms with van der Waals surface area (Å²) in [5, 5.41) is 5.37. The van der Waals surface area contributed by atoms with E-state index in [1.165, 1.54) is 0 Å². The highest BCUT2D eigenvalue weighted by molar-refractivity contribution is 9.10. The molecule has 0 saturated carbocycles. The average Bonchev–Trinajstić information content (AvgIpc) is 3.22. The van der Waals surface area contributed by atoms with Crippen LogP contribution in [0.3, 0.4) is 0 Å². The van der Waals surface area contributed by atoms with Crippen molar-refractivity contribution in [1.29, 1.82) is 0 Å². The van der Waals surface area contributed by atoms with Gasteiger partial charge in [-0.05, 0) is 64.8 Å². The Hall–Kier alpha value is -3.65. The fourth-order valence-corrected chi connectivity index (χ4v) is 3.56. The number of pyridine rings is 1. The van der Waals surface area contributed by atoms with Gasteiger partial charge >= 0.3 is 0 Å². The van der Waals surface area contributed by atoms with Crippen molar-refractivity contribution < 1.29 is 14.3 Å². The van der Waals surface area contributed by atoms with Crippen LogP contribution in [0.25, 0.3) is 5.65 Å². The van der Waals surface area contributed by atoms with Gasteiger partial charge in [0.15, 0.2) is 0 Å². The summed E-state index contributed by atoms with van der Waals surface area (Å²) in [6.07, 6.45) is 3.86. The van der Waals surface area contributed by atoms with E-state index in [9.17, 15) is 9.59 Å². The van der Waals surface area contributed by atoms with Crippen LogP contribution in [0.1, 0.15) is 21.6 Å². The number of nitrogens with one attached hydrogen (secondary N) is 2. The molecule has 0 spiro atoms. The molecule has 2 amide bonds. The Morgan fingerprint density at radius 2 is 1.94 bits per heavy atom. The molecule has 8 heteroatoms. The minimum atomic E-state index is -0.360. The van der Waals surface area contributed by atoms with Crippen molar-refractivity contribution >= 4 is 39.1 Å². The first-order valence-corrected chi connectivity index (χ1v) is 10.8. The number of halogens is 1. The number of aryl methyl sites for hydroxylation is 1. The second-order valence-electron chi connectivity index (χ2n) is 7.18. The van der Waals surface area contributed by atoms with Gasteiger partial charge in [0, 0.05) is 22.4 Å². The van der Waals surface area contributed by atoms with Crippen LogP contribution in [0, 0.1) is 6.92 Å². The molecule has 0 aliphatic rings. The lowest BCUT2D eigenvalue weighted by Crippen LogP contribution is -2.32. The van der Waals surface area contributed by atoms with Crippen LogP contribution < -0.4 is 15.4 Å². The first kappa shape index (κ1) is 21.6. The van der Waals surface area contributed by atoms with Crippen LogP contribution in [0.4, 0.5) is 5.69 Å². The van der Waals surface area contributed by atoms with Gasteiger partial charge in [0.05, 0.1) is 17.9 Å². The van der Waals surface area contributed by atoms with Gasteiger partial charge in [-0.25, -0.2) is 4.98 Å². The number of ether oxygens (including phenoxy) is 1. The maximum atomic E-state index is 12.5. The van der Waals surface area contributed by atoms with E-state index in [0.29, 0.717) is 17.0 Å². The third-order valence-corrected chi connectivity index (χ3v) is 5.46. The molecule has 2 N–H and O–H groups in total. The summed E-state index contributed by atoms with van der Waals surface area (Å²) in [5.74, 6) is -0.134. The summed E-state index contributed by atoms with van der Waals surface area (Å²) < 4.78 is 8.55. The smallest absolute Gasteiger partial charge is 0.251 e. The fourth-order valence-electron chi connectivity index (χ4n) is 3.18. The highest BCUT2D eigenvalue weighted by atomic mass is 79.9. The lowest BCUT2D eigenvalue weighted by molar-refractivity contribution is -0.115. The number of rotatable bonds is 7. The topological polar surface area (TPSA) is 84.7 Å². The zero-order valence-corrected chi connectivity index (χ0v) is 18.9. The Bertz CT molecular complexity index is 1290. The summed E-state index contributed by atoms with van der Waals surface area (Å²) in [6, 6.07) is 18.1. The standard InChI is InChI=1S/C24H21BrN4O3/c1-16-6-5-11-29-14-18(27-23(16)29)15-32-19-8-4-7-17(12-19)24(31)26-13-22(30)28-21-10-3-2-9-20(21)25/h2-12,14H,13,15H2,1H3,(H,26,31)(H,28,30). The first-order valence-electron chi connectivity index (χ1n) is 9.98. The van der Waals surface area contributed by atoms with Gasteiger partial charge in [-0.3, -0.25) is 9.59 Å². The van der Waals surface area contributed by atoms with Crippen LogP contribution >= 0.6 is 15.9 Å². The second kappa shape index (κ2) is 9.65. The number of carbonyl (C=O) groups excluding carboxylic acids is 2. The van der Waals surface area contributed by atoms with Crippen molar-refractivity contribution in [3.8, 4) is 5.75 Å². The molecule has 0 unspecified atom stereocenters. The van der Waals surface area contributed by atoms with Gasteiger partial charge < -0.3 is 19.8 Å². The second-order valence-corrected chi connectivity index (χ2v) is 8.04. The van der Waals surface area contributed by atoms with Gasteiger partial charge in [-0.15, -0.1) is 0 Å². The number of imidazole rings is 1. The first-order chi connectivity index (χ1) is 15.5. The highest BCUT2D eigenvalue weighted by Gasteiger charge is 2.11. The van der Waals surface area contributed by atoms with Crippen molar-refractivity contribution in [1.82, 2.24) is 14.7 Å². The van der Waals surface area contributed by atoms with Crippen LogP contribution in [-0.2, 0) is 11.4 Å². The maximum Gasteiger partial charge on any atom is 0.251 e. The summed E-state index contributed by atoms with van der Waals surface area (Å²) in [7, 11) is 0. The van der Waals surface area contributed by atoms with E-state index in [1.807, 2.05) is 54.0 Å². The normalized spacial score (nSPS) is 10.7. The molecule has 7 nitrogen and oxygen atoms in total. The third-order valence-electron chi connectivity index (χ3n) is 4.77. The fraction of sp³-hybridized carbons (Fsp3) is 0.125. The molecule has 0 atom stereocenters. The zero-order chi connectivity index (χ0) is 22.5. The van der Waals surface area contributed by atoms with Crippen molar-refractivity contribution in [2.75, 3.05) is 11.9 Å². The number of aromatic nitrogens is 2. The van der Waals surface area contributed by atoms with Gasteiger partial charge in [0.1, 0.15) is 18.0 Å². The zero-order valence-electron chi connectivity index (χ0n) is 17.3. The number of fused-ring (bicyclic) bond motifs is 1. The Balaban J connectivity index is 1.33. The molecule has 32 heavy (non-hydrogen) atoms. The predicted molar refractivity (Wildman–Crippen MR) is 126 cm³/mol. The molecule has 162 valence electrons. The van der Waals surface area contributed by atoms with E-state index in [2.05, 4.69) is 31.5 Å². The number of hydrogen-bond donors (Lipinski definition) is 2. The number of anilines is 1. The van der Waals surface area contributed by atoms with Gasteiger partial charge in [0.25, 0.3) is 5.91 Å². The maximum absolute atomic E-state index is 12.5. The minimum Gasteiger partial charge on any atom is -0.487 e. The summed E-state index contributed by atoms with van der Waals surface area (Å²) in [5.41, 5.74) is 3.81. The Morgan fingerprint density at radius 1 is 1.09 bits per heavy atom. The summed E-state index contributed by atoms with van der Waals surface area (Å²) >= 11 is 3.37. The largest absolute Gasteiger partial charge is 0.487 e. The summed E-state index contributed by atoms with van der Waals surface area (Å²) in [4.78, 5) is 29.2. The number of hydrogen-bond acceptors (Lipinski definition) is 4. The summed E-state index contributed by atoms with van der Waals surface area (Å²) in [6.45, 7) is 2.14. The van der Waals surface area contributed by atoms with Crippen LogP contribution in [0.2, 0.25) is 0 Å². The Morgan fingerprint density at radius 3 is 2.75 bits per heavy atom. The SMILES string of the molecule is Cc1cccn2cc(COc3cccc(C(=O)NCC(=O)Nc4ccccc4Br)c3)nc12. The molecule has 4 rings (SSSR count). The highest BCUT2D eigenvalue weighted by Crippen LogP contribution is 2.21.